The van der Waals surface area contributed by atoms with Crippen LogP contribution < -0.4 is 0 Å². The molecule has 0 radical (unpaired) electrons. The first-order valence-electron chi connectivity index (χ1n) is 5.63. The Morgan fingerprint density at radius 3 is 2.50 bits per heavy atom. The molecule has 4 heteroatoms. The molecule has 16 heavy (non-hydrogen) atoms. The Bertz CT molecular complexity index is 270. The summed E-state index contributed by atoms with van der Waals surface area (Å²) in [7, 11) is -0.000879. The molecule has 92 valence electrons. The number of carbonyl (C=O) groups excluding carboxylic acids is 1. The number of carbonyl (C=O) groups is 1. The predicted molar refractivity (Wildman–Crippen MR) is 67.6 cm³/mol. The first kappa shape index (κ1) is 15.2. The number of esters is 1. The summed E-state index contributed by atoms with van der Waals surface area (Å²) >= 11 is 0. The molecule has 3 nitrogen and oxygen atoms in total. The summed E-state index contributed by atoms with van der Waals surface area (Å²) in [5, 5.41) is 9.57. The van der Waals surface area contributed by atoms with E-state index in [2.05, 4.69) is 35.8 Å². The molecule has 0 saturated heterocycles. The number of rotatable bonds is 5. The van der Waals surface area contributed by atoms with E-state index >= 15 is 0 Å². The Morgan fingerprint density at radius 1 is 1.38 bits per heavy atom. The SMILES string of the molecule is COC(=O)CCCCC(O)C#C[Si](C)(C)C. The maximum absolute atomic E-state index is 10.8. The summed E-state index contributed by atoms with van der Waals surface area (Å²) in [6, 6.07) is 0. The van der Waals surface area contributed by atoms with Gasteiger partial charge in [-0.3, -0.25) is 4.79 Å². The molecule has 1 atom stereocenters. The van der Waals surface area contributed by atoms with Crippen molar-refractivity contribution in [2.75, 3.05) is 7.11 Å². The average molecular weight is 242 g/mol. The molecule has 0 spiro atoms. The molecule has 0 rings (SSSR count). The minimum atomic E-state index is -1.39. The second-order valence-electron chi connectivity index (χ2n) is 4.86. The topological polar surface area (TPSA) is 46.5 Å². The van der Waals surface area contributed by atoms with Crippen LogP contribution in [-0.2, 0) is 9.53 Å². The number of unbranched alkanes of at least 4 members (excludes halogenated alkanes) is 1. The molecule has 0 aromatic carbocycles. The van der Waals surface area contributed by atoms with E-state index in [0.717, 1.165) is 12.8 Å². The van der Waals surface area contributed by atoms with Crippen molar-refractivity contribution < 1.29 is 14.6 Å². The smallest absolute Gasteiger partial charge is 0.305 e. The summed E-state index contributed by atoms with van der Waals surface area (Å²) in [6.07, 6.45) is 2.05. The third kappa shape index (κ3) is 9.75. The van der Waals surface area contributed by atoms with E-state index in [1.807, 2.05) is 0 Å². The van der Waals surface area contributed by atoms with Gasteiger partial charge in [-0.1, -0.05) is 25.6 Å². The minimum absolute atomic E-state index is 0.192. The van der Waals surface area contributed by atoms with E-state index in [9.17, 15) is 9.90 Å². The van der Waals surface area contributed by atoms with Gasteiger partial charge in [0.15, 0.2) is 0 Å². The van der Waals surface area contributed by atoms with Gasteiger partial charge in [-0.2, -0.15) is 0 Å². The van der Waals surface area contributed by atoms with E-state index in [1.54, 1.807) is 0 Å². The fourth-order valence-corrected chi connectivity index (χ4v) is 1.68. The van der Waals surface area contributed by atoms with Gasteiger partial charge in [0.2, 0.25) is 0 Å². The molecule has 0 fully saturated rings. The fourth-order valence-electron chi connectivity index (χ4n) is 1.08. The number of hydrogen-bond donors (Lipinski definition) is 1. The van der Waals surface area contributed by atoms with Gasteiger partial charge in [-0.05, 0) is 19.3 Å². The molecule has 0 bridgehead atoms. The highest BCUT2D eigenvalue weighted by Crippen LogP contribution is 2.05. The average Bonchev–Trinajstić information content (AvgIpc) is 2.20. The molecule has 0 amide bonds. The lowest BCUT2D eigenvalue weighted by Gasteiger charge is -2.06. The number of aliphatic hydroxyl groups is 1. The molecule has 0 aliphatic heterocycles. The molecule has 1 N–H and O–H groups in total. The summed E-state index contributed by atoms with van der Waals surface area (Å²) in [5.41, 5.74) is 3.13. The Labute approximate surface area is 99.2 Å². The molecule has 0 aliphatic carbocycles. The third-order valence-electron chi connectivity index (χ3n) is 1.95. The summed E-state index contributed by atoms with van der Waals surface area (Å²) < 4.78 is 4.53. The lowest BCUT2D eigenvalue weighted by Crippen LogP contribution is -2.17. The molecule has 0 aromatic heterocycles. The Kier molecular flexibility index (Phi) is 7.10. The maximum Gasteiger partial charge on any atom is 0.305 e. The summed E-state index contributed by atoms with van der Waals surface area (Å²) in [4.78, 5) is 10.8. The van der Waals surface area contributed by atoms with Crippen LogP contribution in [0.2, 0.25) is 19.6 Å². The molecule has 0 aliphatic rings. The zero-order valence-electron chi connectivity index (χ0n) is 10.7. The normalized spacial score (nSPS) is 12.6. The predicted octanol–water partition coefficient (Wildman–Crippen LogP) is 1.96. The van der Waals surface area contributed by atoms with Crippen LogP contribution in [-0.4, -0.2) is 32.4 Å². The van der Waals surface area contributed by atoms with E-state index in [1.165, 1.54) is 7.11 Å². The van der Waals surface area contributed by atoms with Crippen molar-refractivity contribution >= 4 is 14.0 Å². The zero-order valence-corrected chi connectivity index (χ0v) is 11.7. The molecular weight excluding hydrogens is 220 g/mol. The Balaban J connectivity index is 3.69. The molecule has 0 heterocycles. The van der Waals surface area contributed by atoms with Crippen LogP contribution in [0.4, 0.5) is 0 Å². The van der Waals surface area contributed by atoms with Crippen LogP contribution in [0.15, 0.2) is 0 Å². The lowest BCUT2D eigenvalue weighted by molar-refractivity contribution is -0.140. The lowest BCUT2D eigenvalue weighted by atomic mass is 10.1. The van der Waals surface area contributed by atoms with Crippen LogP contribution in [0.1, 0.15) is 25.7 Å². The second kappa shape index (κ2) is 7.48. The van der Waals surface area contributed by atoms with Gasteiger partial charge in [-0.15, -0.1) is 5.54 Å². The molecule has 1 unspecified atom stereocenters. The van der Waals surface area contributed by atoms with Gasteiger partial charge < -0.3 is 9.84 Å². The molecule has 0 saturated carbocycles. The van der Waals surface area contributed by atoms with Crippen molar-refractivity contribution in [2.24, 2.45) is 0 Å². The van der Waals surface area contributed by atoms with Crippen molar-refractivity contribution in [3.05, 3.63) is 0 Å². The third-order valence-corrected chi connectivity index (χ3v) is 2.84. The van der Waals surface area contributed by atoms with Crippen LogP contribution in [0, 0.1) is 11.5 Å². The quantitative estimate of drug-likeness (QED) is 0.347. The molecule has 0 aromatic rings. The van der Waals surface area contributed by atoms with Crippen LogP contribution in [0.5, 0.6) is 0 Å². The van der Waals surface area contributed by atoms with Gasteiger partial charge in [-0.25, -0.2) is 0 Å². The zero-order chi connectivity index (χ0) is 12.6. The fraction of sp³-hybridized carbons (Fsp3) is 0.750. The Hall–Kier alpha value is -0.793. The number of methoxy groups -OCH3 is 1. The van der Waals surface area contributed by atoms with Gasteiger partial charge in [0.05, 0.1) is 7.11 Å². The summed E-state index contributed by atoms with van der Waals surface area (Å²) in [5.74, 6) is 2.68. The van der Waals surface area contributed by atoms with Gasteiger partial charge in [0, 0.05) is 6.42 Å². The number of ether oxygens (including phenoxy) is 1. The van der Waals surface area contributed by atoms with Crippen LogP contribution in [0.25, 0.3) is 0 Å². The van der Waals surface area contributed by atoms with Crippen molar-refractivity contribution in [1.82, 2.24) is 0 Å². The van der Waals surface area contributed by atoms with E-state index in [-0.39, 0.29) is 5.97 Å². The van der Waals surface area contributed by atoms with Gasteiger partial charge in [0.1, 0.15) is 14.2 Å². The highest BCUT2D eigenvalue weighted by molar-refractivity contribution is 6.83. The first-order valence-corrected chi connectivity index (χ1v) is 9.13. The Morgan fingerprint density at radius 2 is 2.00 bits per heavy atom. The van der Waals surface area contributed by atoms with E-state index in [4.69, 9.17) is 0 Å². The molecular formula is C12H22O3Si. The van der Waals surface area contributed by atoms with Crippen molar-refractivity contribution in [2.45, 2.75) is 51.4 Å². The van der Waals surface area contributed by atoms with E-state index < -0.39 is 14.2 Å². The number of aliphatic hydroxyl groups excluding tert-OH is 1. The minimum Gasteiger partial charge on any atom is -0.469 e. The summed E-state index contributed by atoms with van der Waals surface area (Å²) in [6.45, 7) is 6.43. The first-order chi connectivity index (χ1) is 7.35. The van der Waals surface area contributed by atoms with Crippen molar-refractivity contribution in [1.29, 1.82) is 0 Å². The highest BCUT2D eigenvalue weighted by Gasteiger charge is 2.09. The van der Waals surface area contributed by atoms with Crippen LogP contribution >= 0.6 is 0 Å². The maximum atomic E-state index is 10.8. The highest BCUT2D eigenvalue weighted by atomic mass is 28.3. The second-order valence-corrected chi connectivity index (χ2v) is 9.61. The standard InChI is InChI=1S/C12H22O3Si/c1-15-12(14)8-6-5-7-11(13)9-10-16(2,3)4/h11,13H,5-8H2,1-4H3. The number of hydrogen-bond acceptors (Lipinski definition) is 3. The van der Waals surface area contributed by atoms with Crippen molar-refractivity contribution in [3.8, 4) is 11.5 Å². The largest absolute Gasteiger partial charge is 0.469 e. The van der Waals surface area contributed by atoms with Gasteiger partial charge in [0.25, 0.3) is 0 Å². The van der Waals surface area contributed by atoms with E-state index in [0.29, 0.717) is 12.8 Å². The van der Waals surface area contributed by atoms with Crippen molar-refractivity contribution in [3.63, 3.8) is 0 Å². The van der Waals surface area contributed by atoms with Gasteiger partial charge >= 0.3 is 5.97 Å². The van der Waals surface area contributed by atoms with Crippen LogP contribution in [0.3, 0.4) is 0 Å². The monoisotopic (exact) mass is 242 g/mol.